The number of hydrogen-bond acceptors (Lipinski definition) is 0. The van der Waals surface area contributed by atoms with Crippen molar-refractivity contribution in [3.05, 3.63) is 183 Å². The van der Waals surface area contributed by atoms with E-state index in [4.69, 9.17) is 23.2 Å². The molecule has 0 heterocycles. The summed E-state index contributed by atoms with van der Waals surface area (Å²) in [5.41, 5.74) is 11.2. The Hall–Kier alpha value is -2.90. The Balaban J connectivity index is 0.000000199. The zero-order valence-electron chi connectivity index (χ0n) is 30.4. The van der Waals surface area contributed by atoms with E-state index in [0.29, 0.717) is 0 Å². The van der Waals surface area contributed by atoms with Crippen molar-refractivity contribution in [1.82, 2.24) is 0 Å². The van der Waals surface area contributed by atoms with Gasteiger partial charge in [0.2, 0.25) is 0 Å². The van der Waals surface area contributed by atoms with Crippen LogP contribution in [0.4, 0.5) is 0 Å². The molecule has 0 atom stereocenters. The van der Waals surface area contributed by atoms with Gasteiger partial charge in [-0.3, -0.25) is 0 Å². The molecule has 7 aromatic rings. The maximum Gasteiger partial charge on any atom is -0.172 e. The Morgan fingerprint density at radius 2 is 1.08 bits per heavy atom. The summed E-state index contributed by atoms with van der Waals surface area (Å²) in [6.45, 7) is 13.6. The third-order valence-electron chi connectivity index (χ3n) is 9.36. The van der Waals surface area contributed by atoms with Crippen molar-refractivity contribution in [2.24, 2.45) is 0 Å². The van der Waals surface area contributed by atoms with E-state index in [1.165, 1.54) is 82.7 Å². The summed E-state index contributed by atoms with van der Waals surface area (Å²) in [6, 6.07) is 49.9. The van der Waals surface area contributed by atoms with Gasteiger partial charge < -0.3 is 24.8 Å². The van der Waals surface area contributed by atoms with Crippen molar-refractivity contribution < 1.29 is 49.0 Å². The molecule has 0 unspecified atom stereocenters. The van der Waals surface area contributed by atoms with Crippen LogP contribution in [0.15, 0.2) is 133 Å². The van der Waals surface area contributed by atoms with E-state index in [9.17, 15) is 0 Å². The Kier molecular flexibility index (Phi) is 14.1. The first-order chi connectivity index (χ1) is 23.8. The summed E-state index contributed by atoms with van der Waals surface area (Å²) in [5.74, 6) is 0. The van der Waals surface area contributed by atoms with Gasteiger partial charge in [0.25, 0.3) is 0 Å². The van der Waals surface area contributed by atoms with Gasteiger partial charge in [-0.1, -0.05) is 76.3 Å². The van der Waals surface area contributed by atoms with E-state index in [2.05, 4.69) is 126 Å². The van der Waals surface area contributed by atoms with Crippen molar-refractivity contribution in [2.75, 3.05) is 0 Å². The summed E-state index contributed by atoms with van der Waals surface area (Å²) < 4.78 is 1.31. The smallest absolute Gasteiger partial charge is 0.172 e. The van der Waals surface area contributed by atoms with Gasteiger partial charge in [-0.2, -0.15) is 47.5 Å². The summed E-state index contributed by atoms with van der Waals surface area (Å²) in [5, 5.41) is 6.15. The number of rotatable bonds is 2. The molecule has 0 aromatic heterocycles. The molecule has 0 amide bonds. The molecule has 0 spiro atoms. The number of hydrogen-bond donors (Lipinski definition) is 0. The van der Waals surface area contributed by atoms with E-state index < -0.39 is 0 Å². The molecule has 1 aliphatic carbocycles. The van der Waals surface area contributed by atoms with Crippen molar-refractivity contribution >= 4 is 48.0 Å². The van der Waals surface area contributed by atoms with Crippen LogP contribution in [0, 0.1) is 6.07 Å². The summed E-state index contributed by atoms with van der Waals surface area (Å²) in [4.78, 5) is 0. The predicted molar refractivity (Wildman–Crippen MR) is 214 cm³/mol. The Bertz CT molecular complexity index is 2140. The minimum Gasteiger partial charge on any atom is -1.00 e. The first-order valence-corrected chi connectivity index (χ1v) is 19.1. The van der Waals surface area contributed by atoms with Crippen LogP contribution < -0.4 is 24.8 Å². The van der Waals surface area contributed by atoms with Crippen LogP contribution in [-0.4, -0.2) is 3.21 Å². The van der Waals surface area contributed by atoms with Gasteiger partial charge in [-0.25, -0.2) is 12.1 Å². The molecule has 0 radical (unpaired) electrons. The monoisotopic (exact) mass is 836 g/mol. The molecular formula is C47H42Cl4Zr-2. The number of halogens is 4. The molecule has 0 aliphatic heterocycles. The van der Waals surface area contributed by atoms with Gasteiger partial charge in [0.15, 0.2) is 0 Å². The molecule has 1 aliphatic rings. The number of benzene rings is 6. The van der Waals surface area contributed by atoms with E-state index in [-0.39, 0.29) is 35.6 Å². The van der Waals surface area contributed by atoms with Crippen LogP contribution in [0.5, 0.6) is 0 Å². The largest absolute Gasteiger partial charge is 1.00 e. The molecular weight excluding hydrogens is 798 g/mol. The Labute approximate surface area is 347 Å². The number of fused-ring (bicyclic) bond motifs is 5. The van der Waals surface area contributed by atoms with Crippen LogP contribution >= 0.6 is 23.2 Å². The second kappa shape index (κ2) is 17.5. The second-order valence-corrected chi connectivity index (χ2v) is 17.0. The Morgan fingerprint density at radius 3 is 1.56 bits per heavy atom. The molecule has 0 fully saturated rings. The second-order valence-electron chi connectivity index (χ2n) is 14.9. The first kappa shape index (κ1) is 41.9. The zero-order valence-corrected chi connectivity index (χ0v) is 35.9. The third-order valence-corrected chi connectivity index (χ3v) is 11.3. The fourth-order valence-corrected chi connectivity index (χ4v) is 7.98. The quantitative estimate of drug-likeness (QED) is 0.159. The van der Waals surface area contributed by atoms with Crippen molar-refractivity contribution in [1.29, 1.82) is 0 Å². The van der Waals surface area contributed by atoms with Crippen molar-refractivity contribution in [2.45, 2.75) is 58.8 Å². The van der Waals surface area contributed by atoms with Crippen LogP contribution in [0.2, 0.25) is 10.0 Å². The average Bonchev–Trinajstić information content (AvgIpc) is 3.79. The van der Waals surface area contributed by atoms with Crippen molar-refractivity contribution in [3.8, 4) is 11.1 Å². The van der Waals surface area contributed by atoms with Crippen LogP contribution in [-0.2, 0) is 41.5 Å². The molecule has 0 N–H and O–H groups in total. The van der Waals surface area contributed by atoms with Gasteiger partial charge in [-0.15, -0.1) is 5.56 Å². The fourth-order valence-electron chi connectivity index (χ4n) is 6.43. The SMILES string of the molecule is CC(C)(C)c1c[c-]c2c(c1)-c1cc(C(C)(C)C)ccc1C2.Clc1cccc2c([C](=[Zr+2])c3cccc4c(Cl)cccc34)cccc12.[Cl-].[Cl-].c1cc[cH-]c1. The molecule has 0 saturated carbocycles. The summed E-state index contributed by atoms with van der Waals surface area (Å²) >= 11 is 14.1. The first-order valence-electron chi connectivity index (χ1n) is 17.1. The van der Waals surface area contributed by atoms with E-state index in [1.807, 2.05) is 54.6 Å². The van der Waals surface area contributed by atoms with Gasteiger partial charge >= 0.3 is 166 Å². The van der Waals surface area contributed by atoms with Gasteiger partial charge in [0.1, 0.15) is 0 Å². The molecule has 7 aromatic carbocycles. The maximum atomic E-state index is 6.38. The molecule has 0 bridgehead atoms. The normalized spacial score (nSPS) is 11.6. The molecule has 264 valence electrons. The van der Waals surface area contributed by atoms with Crippen LogP contribution in [0.1, 0.15) is 74.9 Å². The third kappa shape index (κ3) is 9.24. The van der Waals surface area contributed by atoms with E-state index in [0.717, 1.165) is 27.2 Å². The fraction of sp³-hybridized carbons (Fsp3) is 0.191. The molecule has 8 rings (SSSR count). The molecule has 5 heteroatoms. The van der Waals surface area contributed by atoms with E-state index >= 15 is 0 Å². The summed E-state index contributed by atoms with van der Waals surface area (Å²) in [6.07, 6.45) is 1.03. The van der Waals surface area contributed by atoms with Crippen LogP contribution in [0.25, 0.3) is 32.7 Å². The topological polar surface area (TPSA) is 0 Å². The standard InChI is InChI=1S/C21H12Cl2.C21H25.C5H5.2ClH.Zr/c22-20-11-3-7-16-14(5-1-9-18(16)20)13-15-6-2-10-19-17(15)8-4-12-21(19)23;1-20(2,3)16-9-7-14-11-15-8-10-17(21(4,5)6)13-19(15)18(14)12-16;1-2-4-5-3-1;;;/h1-12H;7,9-10,12-13H,11H2,1-6H3;1-5H;2*1H;/q;2*-1;;;+2/p-2. The minimum absolute atomic E-state index is 0. The van der Waals surface area contributed by atoms with Crippen molar-refractivity contribution in [3.63, 3.8) is 0 Å². The average molecular weight is 840 g/mol. The van der Waals surface area contributed by atoms with E-state index in [1.54, 1.807) is 0 Å². The molecule has 0 nitrogen and oxygen atoms in total. The predicted octanol–water partition coefficient (Wildman–Crippen LogP) is 7.48. The molecule has 52 heavy (non-hydrogen) atoms. The van der Waals surface area contributed by atoms with Gasteiger partial charge in [-0.05, 0) is 17.4 Å². The maximum absolute atomic E-state index is 6.38. The minimum atomic E-state index is 0. The van der Waals surface area contributed by atoms with Gasteiger partial charge in [0, 0.05) is 0 Å². The van der Waals surface area contributed by atoms with Crippen LogP contribution in [0.3, 0.4) is 0 Å². The van der Waals surface area contributed by atoms with Gasteiger partial charge in [0.05, 0.1) is 0 Å². The zero-order chi connectivity index (χ0) is 35.6. The summed E-state index contributed by atoms with van der Waals surface area (Å²) in [7, 11) is 0. The molecule has 0 saturated heterocycles. The Morgan fingerprint density at radius 1 is 0.596 bits per heavy atom.